The summed E-state index contributed by atoms with van der Waals surface area (Å²) in [7, 11) is 0. The molecule has 0 bridgehead atoms. The van der Waals surface area contributed by atoms with Crippen molar-refractivity contribution in [3.05, 3.63) is 45.8 Å². The van der Waals surface area contributed by atoms with Crippen LogP contribution in [0.15, 0.2) is 24.3 Å². The van der Waals surface area contributed by atoms with Crippen molar-refractivity contribution in [2.75, 3.05) is 19.7 Å². The summed E-state index contributed by atoms with van der Waals surface area (Å²) in [5, 5.41) is 25.4. The van der Waals surface area contributed by atoms with E-state index in [0.29, 0.717) is 24.5 Å². The van der Waals surface area contributed by atoms with E-state index in [1.54, 1.807) is 19.1 Å². The van der Waals surface area contributed by atoms with Crippen molar-refractivity contribution < 1.29 is 14.5 Å². The lowest BCUT2D eigenvalue weighted by molar-refractivity contribution is -0.384. The number of esters is 1. The first-order valence-electron chi connectivity index (χ1n) is 7.66. The molecule has 0 spiro atoms. The molecule has 0 saturated carbocycles. The number of hydrogen-bond donors (Lipinski definition) is 2. The van der Waals surface area contributed by atoms with Gasteiger partial charge in [-0.05, 0) is 22.9 Å². The van der Waals surface area contributed by atoms with Crippen molar-refractivity contribution in [3.8, 4) is 0 Å². The van der Waals surface area contributed by atoms with Crippen LogP contribution >= 0.6 is 0 Å². The second-order valence-electron chi connectivity index (χ2n) is 5.02. The van der Waals surface area contributed by atoms with Gasteiger partial charge in [-0.3, -0.25) is 14.9 Å². The van der Waals surface area contributed by atoms with E-state index in [1.165, 1.54) is 16.8 Å². The standard InChI is InChI=1S/C14H19N7O4/c1-2-25-12(22)9-20-14(17-18-19-20)13(16-8-7-15)10-3-5-11(6-4-10)21(23)24/h3-6,13,16H,2,7-9,15H2,1H3. The minimum atomic E-state index is -0.478. The van der Waals surface area contributed by atoms with Gasteiger partial charge in [0.1, 0.15) is 6.54 Å². The molecule has 11 nitrogen and oxygen atoms in total. The summed E-state index contributed by atoms with van der Waals surface area (Å²) in [6.45, 7) is 2.68. The average Bonchev–Trinajstić information content (AvgIpc) is 3.04. The predicted octanol–water partition coefficient (Wildman–Crippen LogP) is -0.218. The van der Waals surface area contributed by atoms with Crippen LogP contribution in [-0.2, 0) is 16.1 Å². The molecule has 0 aliphatic rings. The lowest BCUT2D eigenvalue weighted by Crippen LogP contribution is -2.31. The van der Waals surface area contributed by atoms with Crippen LogP contribution in [0, 0.1) is 10.1 Å². The number of nitro groups is 1. The van der Waals surface area contributed by atoms with Gasteiger partial charge in [-0.1, -0.05) is 12.1 Å². The quantitative estimate of drug-likeness (QED) is 0.355. The molecule has 0 radical (unpaired) electrons. The maximum Gasteiger partial charge on any atom is 0.327 e. The Bertz CT molecular complexity index is 716. The van der Waals surface area contributed by atoms with Gasteiger partial charge in [-0.2, -0.15) is 0 Å². The molecule has 2 rings (SSSR count). The molecule has 0 fully saturated rings. The highest BCUT2D eigenvalue weighted by Crippen LogP contribution is 2.22. The van der Waals surface area contributed by atoms with Crippen molar-refractivity contribution in [1.29, 1.82) is 0 Å². The minimum absolute atomic E-state index is 0.0209. The molecule has 134 valence electrons. The van der Waals surface area contributed by atoms with Gasteiger partial charge >= 0.3 is 5.97 Å². The number of benzene rings is 1. The Hall–Kier alpha value is -2.92. The molecule has 2 aromatic rings. The number of nitrogens with one attached hydrogen (secondary N) is 1. The molecule has 0 amide bonds. The molecule has 1 atom stereocenters. The highest BCUT2D eigenvalue weighted by atomic mass is 16.6. The third kappa shape index (κ3) is 4.78. The van der Waals surface area contributed by atoms with Gasteiger partial charge in [0.25, 0.3) is 5.69 Å². The highest BCUT2D eigenvalue weighted by molar-refractivity contribution is 5.69. The fourth-order valence-electron chi connectivity index (χ4n) is 2.23. The van der Waals surface area contributed by atoms with Crippen molar-refractivity contribution >= 4 is 11.7 Å². The van der Waals surface area contributed by atoms with Gasteiger partial charge < -0.3 is 15.8 Å². The number of carbonyl (C=O) groups excluding carboxylic acids is 1. The molecular weight excluding hydrogens is 330 g/mol. The molecule has 0 saturated heterocycles. The van der Waals surface area contributed by atoms with Crippen LogP contribution in [-0.4, -0.2) is 50.8 Å². The molecule has 11 heteroatoms. The molecular formula is C14H19N7O4. The van der Waals surface area contributed by atoms with Crippen LogP contribution in [0.5, 0.6) is 0 Å². The molecule has 0 aliphatic carbocycles. The van der Waals surface area contributed by atoms with E-state index >= 15 is 0 Å². The van der Waals surface area contributed by atoms with Crippen LogP contribution in [0.1, 0.15) is 24.4 Å². The lowest BCUT2D eigenvalue weighted by Gasteiger charge is -2.18. The number of ether oxygens (including phenoxy) is 1. The van der Waals surface area contributed by atoms with Crippen LogP contribution in [0.3, 0.4) is 0 Å². The Kier molecular flexibility index (Phi) is 6.48. The van der Waals surface area contributed by atoms with E-state index in [1.807, 2.05) is 0 Å². The van der Waals surface area contributed by atoms with E-state index < -0.39 is 16.9 Å². The smallest absolute Gasteiger partial charge is 0.327 e. The van der Waals surface area contributed by atoms with Gasteiger partial charge in [-0.25, -0.2) is 4.68 Å². The number of nitrogens with two attached hydrogens (primary N) is 1. The maximum absolute atomic E-state index is 11.7. The van der Waals surface area contributed by atoms with E-state index in [2.05, 4.69) is 20.8 Å². The van der Waals surface area contributed by atoms with Gasteiger partial charge in [0.15, 0.2) is 5.82 Å². The Labute approximate surface area is 143 Å². The van der Waals surface area contributed by atoms with Crippen molar-refractivity contribution in [2.45, 2.75) is 19.5 Å². The largest absolute Gasteiger partial charge is 0.465 e. The minimum Gasteiger partial charge on any atom is -0.465 e. The van der Waals surface area contributed by atoms with Gasteiger partial charge in [0.05, 0.1) is 17.6 Å². The summed E-state index contributed by atoms with van der Waals surface area (Å²) < 4.78 is 6.24. The third-order valence-electron chi connectivity index (χ3n) is 3.33. The van der Waals surface area contributed by atoms with Gasteiger partial charge in [0, 0.05) is 25.2 Å². The van der Waals surface area contributed by atoms with Crippen LogP contribution in [0.2, 0.25) is 0 Å². The van der Waals surface area contributed by atoms with Crippen molar-refractivity contribution in [1.82, 2.24) is 25.5 Å². The molecule has 1 heterocycles. The summed E-state index contributed by atoms with van der Waals surface area (Å²) in [5.74, 6) is -0.0762. The Balaban J connectivity index is 2.30. The Morgan fingerprint density at radius 1 is 1.44 bits per heavy atom. The molecule has 1 aromatic carbocycles. The summed E-state index contributed by atoms with van der Waals surface area (Å²) >= 11 is 0. The summed E-state index contributed by atoms with van der Waals surface area (Å²) in [5.41, 5.74) is 6.23. The fraction of sp³-hybridized carbons (Fsp3) is 0.429. The second kappa shape index (κ2) is 8.80. The van der Waals surface area contributed by atoms with Crippen molar-refractivity contribution in [3.63, 3.8) is 0 Å². The number of aromatic nitrogens is 4. The number of non-ortho nitro benzene ring substituents is 1. The first kappa shape index (κ1) is 18.4. The topological polar surface area (TPSA) is 151 Å². The summed E-state index contributed by atoms with van der Waals surface area (Å²) in [6.07, 6.45) is 0. The Morgan fingerprint density at radius 2 is 2.16 bits per heavy atom. The second-order valence-corrected chi connectivity index (χ2v) is 5.02. The number of hydrogen-bond acceptors (Lipinski definition) is 9. The molecule has 25 heavy (non-hydrogen) atoms. The van der Waals surface area contributed by atoms with E-state index in [9.17, 15) is 14.9 Å². The first-order chi connectivity index (χ1) is 12.1. The molecule has 1 aromatic heterocycles. The number of nitrogens with zero attached hydrogens (tertiary/aromatic N) is 5. The number of rotatable bonds is 9. The summed E-state index contributed by atoms with van der Waals surface area (Å²) in [4.78, 5) is 22.0. The van der Waals surface area contributed by atoms with E-state index in [-0.39, 0.29) is 18.8 Å². The third-order valence-corrected chi connectivity index (χ3v) is 3.33. The monoisotopic (exact) mass is 349 g/mol. The van der Waals surface area contributed by atoms with E-state index in [4.69, 9.17) is 10.5 Å². The normalized spacial score (nSPS) is 11.9. The SMILES string of the molecule is CCOC(=O)Cn1nnnc1C(NCCN)c1ccc([N+](=O)[O-])cc1. The summed E-state index contributed by atoms with van der Waals surface area (Å²) in [6, 6.07) is 5.53. The number of nitro benzene ring substituents is 1. The molecule has 0 aliphatic heterocycles. The van der Waals surface area contributed by atoms with Crippen LogP contribution in [0.4, 0.5) is 5.69 Å². The maximum atomic E-state index is 11.7. The molecule has 1 unspecified atom stereocenters. The lowest BCUT2D eigenvalue weighted by atomic mass is 10.1. The zero-order valence-electron chi connectivity index (χ0n) is 13.7. The van der Waals surface area contributed by atoms with Gasteiger partial charge in [0.2, 0.25) is 0 Å². The van der Waals surface area contributed by atoms with Crippen molar-refractivity contribution in [2.24, 2.45) is 5.73 Å². The number of carbonyl (C=O) groups is 1. The average molecular weight is 349 g/mol. The van der Waals surface area contributed by atoms with Crippen LogP contribution < -0.4 is 11.1 Å². The van der Waals surface area contributed by atoms with E-state index in [0.717, 1.165) is 0 Å². The zero-order chi connectivity index (χ0) is 18.2. The highest BCUT2D eigenvalue weighted by Gasteiger charge is 2.22. The molecule has 3 N–H and O–H groups in total. The number of tetrazole rings is 1. The Morgan fingerprint density at radius 3 is 2.76 bits per heavy atom. The van der Waals surface area contributed by atoms with Crippen LogP contribution in [0.25, 0.3) is 0 Å². The zero-order valence-corrected chi connectivity index (χ0v) is 13.7. The fourth-order valence-corrected chi connectivity index (χ4v) is 2.23. The first-order valence-corrected chi connectivity index (χ1v) is 7.66. The predicted molar refractivity (Wildman–Crippen MR) is 86.4 cm³/mol. The van der Waals surface area contributed by atoms with Gasteiger partial charge in [-0.15, -0.1) is 5.10 Å².